The van der Waals surface area contributed by atoms with Crippen LogP contribution in [0.4, 0.5) is 0 Å². The summed E-state index contributed by atoms with van der Waals surface area (Å²) in [6, 6.07) is 2.58. The molecule has 0 atom stereocenters. The molecule has 1 aromatic heterocycles. The van der Waals surface area contributed by atoms with Gasteiger partial charge in [-0.2, -0.15) is 11.3 Å². The van der Waals surface area contributed by atoms with Gasteiger partial charge in [0.15, 0.2) is 0 Å². The van der Waals surface area contributed by atoms with E-state index >= 15 is 0 Å². The van der Waals surface area contributed by atoms with Crippen molar-refractivity contribution in [1.82, 2.24) is 10.2 Å². The van der Waals surface area contributed by atoms with E-state index < -0.39 is 0 Å². The van der Waals surface area contributed by atoms with Gasteiger partial charge in [0, 0.05) is 12.6 Å². The number of thiophene rings is 1. The Morgan fingerprint density at radius 3 is 2.81 bits per heavy atom. The molecule has 2 fully saturated rings. The van der Waals surface area contributed by atoms with E-state index in [2.05, 4.69) is 22.1 Å². The third kappa shape index (κ3) is 4.53. The highest BCUT2D eigenvalue weighted by atomic mass is 32.1. The highest BCUT2D eigenvalue weighted by Gasteiger charge is 2.32. The molecule has 1 aromatic rings. The van der Waals surface area contributed by atoms with Crippen molar-refractivity contribution in [2.45, 2.75) is 50.8 Å². The smallest absolute Gasteiger partial charge is 0.225 e. The molecule has 1 aliphatic carbocycles. The lowest BCUT2D eigenvalue weighted by Gasteiger charge is -2.25. The summed E-state index contributed by atoms with van der Waals surface area (Å²) in [4.78, 5) is 14.5. The predicted molar refractivity (Wildman–Crippen MR) is 84.4 cm³/mol. The van der Waals surface area contributed by atoms with E-state index in [0.29, 0.717) is 25.2 Å². The molecule has 2 aliphatic rings. The van der Waals surface area contributed by atoms with Crippen LogP contribution in [0.25, 0.3) is 0 Å². The molecule has 1 amide bonds. The van der Waals surface area contributed by atoms with Crippen molar-refractivity contribution in [2.75, 3.05) is 19.7 Å². The second-order valence-corrected chi connectivity index (χ2v) is 6.73. The lowest BCUT2D eigenvalue weighted by Crippen LogP contribution is -2.35. The van der Waals surface area contributed by atoms with Crippen LogP contribution in [0, 0.1) is 0 Å². The van der Waals surface area contributed by atoms with Crippen LogP contribution in [0.2, 0.25) is 0 Å². The molecule has 5 heteroatoms. The van der Waals surface area contributed by atoms with Gasteiger partial charge in [0.1, 0.15) is 0 Å². The molecule has 3 rings (SSSR count). The first-order valence-electron chi connectivity index (χ1n) is 7.96. The van der Waals surface area contributed by atoms with Gasteiger partial charge in [-0.25, -0.2) is 0 Å². The minimum absolute atomic E-state index is 0.248. The Hall–Kier alpha value is -0.910. The summed E-state index contributed by atoms with van der Waals surface area (Å²) >= 11 is 1.69. The number of carbonyl (C=O) groups is 1. The summed E-state index contributed by atoms with van der Waals surface area (Å²) in [5.74, 6) is 0.248. The summed E-state index contributed by atoms with van der Waals surface area (Å²) in [5.41, 5.74) is 1.25. The second-order valence-electron chi connectivity index (χ2n) is 5.95. The zero-order valence-corrected chi connectivity index (χ0v) is 13.2. The van der Waals surface area contributed by atoms with Gasteiger partial charge in [-0.1, -0.05) is 0 Å². The zero-order chi connectivity index (χ0) is 14.5. The number of hydrogen-bond acceptors (Lipinski definition) is 4. The Morgan fingerprint density at radius 1 is 1.33 bits per heavy atom. The van der Waals surface area contributed by atoms with E-state index in [9.17, 15) is 4.79 Å². The van der Waals surface area contributed by atoms with E-state index in [1.54, 1.807) is 11.3 Å². The van der Waals surface area contributed by atoms with Crippen molar-refractivity contribution in [3.05, 3.63) is 22.4 Å². The molecular weight excluding hydrogens is 284 g/mol. The van der Waals surface area contributed by atoms with Crippen molar-refractivity contribution in [3.8, 4) is 0 Å². The summed E-state index contributed by atoms with van der Waals surface area (Å²) < 4.78 is 5.85. The maximum Gasteiger partial charge on any atom is 0.225 e. The fourth-order valence-corrected chi connectivity index (χ4v) is 3.46. The van der Waals surface area contributed by atoms with E-state index in [-0.39, 0.29) is 5.91 Å². The average molecular weight is 308 g/mol. The number of hydrogen-bond donors (Lipinski definition) is 1. The minimum Gasteiger partial charge on any atom is -0.378 e. The maximum absolute atomic E-state index is 12.4. The van der Waals surface area contributed by atoms with Gasteiger partial charge >= 0.3 is 0 Å². The van der Waals surface area contributed by atoms with Crippen LogP contribution in [0.3, 0.4) is 0 Å². The Bertz CT molecular complexity index is 439. The number of nitrogens with zero attached hydrogens (tertiary/aromatic N) is 1. The number of ether oxygens (including phenoxy) is 1. The fraction of sp³-hybridized carbons (Fsp3) is 0.688. The van der Waals surface area contributed by atoms with Gasteiger partial charge in [-0.05, 0) is 61.2 Å². The van der Waals surface area contributed by atoms with Crippen LogP contribution in [-0.4, -0.2) is 42.6 Å². The Balaban J connectivity index is 1.43. The van der Waals surface area contributed by atoms with Crippen LogP contribution in [0.5, 0.6) is 0 Å². The highest BCUT2D eigenvalue weighted by molar-refractivity contribution is 7.07. The Labute approximate surface area is 130 Å². The first kappa shape index (κ1) is 15.0. The number of amides is 1. The SMILES string of the molecule is O=C(CCOC1CCNCC1)N(Cc1ccsc1)C1CC1. The largest absolute Gasteiger partial charge is 0.378 e. The molecule has 0 spiro atoms. The Morgan fingerprint density at radius 2 is 2.14 bits per heavy atom. The van der Waals surface area contributed by atoms with Crippen LogP contribution in [0.1, 0.15) is 37.7 Å². The molecule has 4 nitrogen and oxygen atoms in total. The van der Waals surface area contributed by atoms with Crippen LogP contribution in [-0.2, 0) is 16.1 Å². The lowest BCUT2D eigenvalue weighted by atomic mass is 10.1. The third-order valence-corrected chi connectivity index (χ3v) is 4.93. The second kappa shape index (κ2) is 7.38. The molecule has 0 unspecified atom stereocenters. The summed E-state index contributed by atoms with van der Waals surface area (Å²) in [6.07, 6.45) is 5.30. The van der Waals surface area contributed by atoms with Crippen molar-refractivity contribution in [2.24, 2.45) is 0 Å². The number of carbonyl (C=O) groups excluding carboxylic acids is 1. The predicted octanol–water partition coefficient (Wildman–Crippen LogP) is 2.40. The van der Waals surface area contributed by atoms with E-state index in [1.807, 2.05) is 4.90 Å². The van der Waals surface area contributed by atoms with Crippen molar-refractivity contribution < 1.29 is 9.53 Å². The molecule has 1 N–H and O–H groups in total. The standard InChI is InChI=1S/C16H24N2O2S/c19-16(5-9-20-15-3-7-17-8-4-15)18(14-1-2-14)11-13-6-10-21-12-13/h6,10,12,14-15,17H,1-5,7-9,11H2. The van der Waals surface area contributed by atoms with E-state index in [4.69, 9.17) is 4.74 Å². The minimum atomic E-state index is 0.248. The van der Waals surface area contributed by atoms with E-state index in [0.717, 1.165) is 45.3 Å². The van der Waals surface area contributed by atoms with E-state index in [1.165, 1.54) is 5.56 Å². The van der Waals surface area contributed by atoms with Crippen LogP contribution < -0.4 is 5.32 Å². The van der Waals surface area contributed by atoms with Gasteiger partial charge in [0.25, 0.3) is 0 Å². The zero-order valence-electron chi connectivity index (χ0n) is 12.4. The number of nitrogens with one attached hydrogen (secondary N) is 1. The molecule has 2 heterocycles. The van der Waals surface area contributed by atoms with Gasteiger partial charge < -0.3 is 15.0 Å². The highest BCUT2D eigenvalue weighted by Crippen LogP contribution is 2.29. The fourth-order valence-electron chi connectivity index (χ4n) is 2.81. The molecule has 1 saturated carbocycles. The third-order valence-electron chi connectivity index (χ3n) is 4.20. The molecule has 1 aliphatic heterocycles. The van der Waals surface area contributed by atoms with Crippen molar-refractivity contribution in [3.63, 3.8) is 0 Å². The average Bonchev–Trinajstić information content (AvgIpc) is 3.22. The quantitative estimate of drug-likeness (QED) is 0.841. The van der Waals surface area contributed by atoms with Gasteiger partial charge in [-0.3, -0.25) is 4.79 Å². The summed E-state index contributed by atoms with van der Waals surface area (Å²) in [6.45, 7) is 3.40. The number of piperidine rings is 1. The van der Waals surface area contributed by atoms with Gasteiger partial charge in [-0.15, -0.1) is 0 Å². The normalized spacial score (nSPS) is 19.6. The van der Waals surface area contributed by atoms with Crippen LogP contribution in [0.15, 0.2) is 16.8 Å². The summed E-state index contributed by atoms with van der Waals surface area (Å²) in [7, 11) is 0. The molecule has 21 heavy (non-hydrogen) atoms. The molecule has 116 valence electrons. The number of rotatable bonds is 7. The van der Waals surface area contributed by atoms with Gasteiger partial charge in [0.2, 0.25) is 5.91 Å². The van der Waals surface area contributed by atoms with Crippen molar-refractivity contribution >= 4 is 17.2 Å². The topological polar surface area (TPSA) is 41.6 Å². The first-order chi connectivity index (χ1) is 10.3. The first-order valence-corrected chi connectivity index (χ1v) is 8.90. The molecule has 0 bridgehead atoms. The summed E-state index contributed by atoms with van der Waals surface area (Å²) in [5, 5.41) is 7.53. The van der Waals surface area contributed by atoms with Gasteiger partial charge in [0.05, 0.1) is 19.1 Å². The molecular formula is C16H24N2O2S. The monoisotopic (exact) mass is 308 g/mol. The maximum atomic E-state index is 12.4. The lowest BCUT2D eigenvalue weighted by molar-refractivity contribution is -0.134. The van der Waals surface area contributed by atoms with Crippen molar-refractivity contribution in [1.29, 1.82) is 0 Å². The molecule has 0 radical (unpaired) electrons. The Kier molecular flexibility index (Phi) is 5.27. The molecule has 1 saturated heterocycles. The van der Waals surface area contributed by atoms with Crippen LogP contribution >= 0.6 is 11.3 Å². The molecule has 0 aromatic carbocycles.